The molecule has 1 aromatic carbocycles. The Kier molecular flexibility index (Phi) is 4.79. The van der Waals surface area contributed by atoms with Gasteiger partial charge in [0.05, 0.1) is 11.1 Å². The second kappa shape index (κ2) is 6.38. The molecule has 20 heavy (non-hydrogen) atoms. The smallest absolute Gasteiger partial charge is 0.262 e. The summed E-state index contributed by atoms with van der Waals surface area (Å²) in [6, 6.07) is 9.19. The predicted molar refractivity (Wildman–Crippen MR) is 80.0 cm³/mol. The molecule has 1 saturated heterocycles. The molecule has 0 spiro atoms. The number of ether oxygens (including phenoxy) is 1. The van der Waals surface area contributed by atoms with Gasteiger partial charge < -0.3 is 10.1 Å². The summed E-state index contributed by atoms with van der Waals surface area (Å²) in [5.74, 6) is 1.67. The maximum Gasteiger partial charge on any atom is 0.262 e. The average Bonchev–Trinajstić information content (AvgIpc) is 2.90. The molecule has 1 heterocycles. The molecule has 2 unspecified atom stereocenters. The van der Waals surface area contributed by atoms with Crippen LogP contribution in [0.15, 0.2) is 24.3 Å². The molecular formula is C14H15ClN2O2S. The standard InChI is InChI=1S/C14H15ClN2O2S/c1-10(19-12-5-3-2-4-11(12)15)13(18)17-14(8-16)6-7-20-9-14/h2-5,10H,6-7,9H2,1H3,(H,17,18). The van der Waals surface area contributed by atoms with Crippen molar-refractivity contribution in [3.63, 3.8) is 0 Å². The van der Waals surface area contributed by atoms with Crippen molar-refractivity contribution in [2.75, 3.05) is 11.5 Å². The van der Waals surface area contributed by atoms with Gasteiger partial charge in [-0.2, -0.15) is 17.0 Å². The Morgan fingerprint density at radius 2 is 2.35 bits per heavy atom. The van der Waals surface area contributed by atoms with E-state index in [-0.39, 0.29) is 5.91 Å². The number of amides is 1. The largest absolute Gasteiger partial charge is 0.479 e. The number of para-hydroxylation sites is 1. The minimum atomic E-state index is -0.764. The Bertz CT molecular complexity index is 538. The summed E-state index contributed by atoms with van der Waals surface area (Å²) in [6.45, 7) is 1.64. The predicted octanol–water partition coefficient (Wildman–Crippen LogP) is 2.62. The zero-order chi connectivity index (χ0) is 14.6. The summed E-state index contributed by atoms with van der Waals surface area (Å²) in [5, 5.41) is 12.5. The van der Waals surface area contributed by atoms with Crippen LogP contribution >= 0.6 is 23.4 Å². The van der Waals surface area contributed by atoms with E-state index in [1.54, 1.807) is 43.0 Å². The SMILES string of the molecule is CC(Oc1ccccc1Cl)C(=O)NC1(C#N)CCSC1. The molecule has 2 rings (SSSR count). The van der Waals surface area contributed by atoms with Crippen molar-refractivity contribution < 1.29 is 9.53 Å². The summed E-state index contributed by atoms with van der Waals surface area (Å²) in [4.78, 5) is 12.1. The van der Waals surface area contributed by atoms with E-state index < -0.39 is 11.6 Å². The number of carbonyl (C=O) groups excluding carboxylic acids is 1. The van der Waals surface area contributed by atoms with E-state index in [2.05, 4.69) is 11.4 Å². The molecule has 106 valence electrons. The number of halogens is 1. The summed E-state index contributed by atoms with van der Waals surface area (Å²) in [6.07, 6.45) is -0.0376. The average molecular weight is 311 g/mol. The highest BCUT2D eigenvalue weighted by molar-refractivity contribution is 7.99. The molecule has 1 aromatic rings. The first-order chi connectivity index (χ1) is 9.56. The number of hydrogen-bond donors (Lipinski definition) is 1. The highest BCUT2D eigenvalue weighted by Gasteiger charge is 2.37. The summed E-state index contributed by atoms with van der Waals surface area (Å²) >= 11 is 7.65. The van der Waals surface area contributed by atoms with Crippen LogP contribution in [-0.4, -0.2) is 29.1 Å². The lowest BCUT2D eigenvalue weighted by Gasteiger charge is -2.24. The normalized spacial score (nSPS) is 22.9. The minimum absolute atomic E-state index is 0.297. The van der Waals surface area contributed by atoms with Gasteiger partial charge in [0.15, 0.2) is 6.10 Å². The van der Waals surface area contributed by atoms with E-state index in [9.17, 15) is 10.1 Å². The second-order valence-electron chi connectivity index (χ2n) is 4.68. The fraction of sp³-hybridized carbons (Fsp3) is 0.429. The lowest BCUT2D eigenvalue weighted by Crippen LogP contribution is -2.51. The zero-order valence-electron chi connectivity index (χ0n) is 11.1. The number of nitrogens with zero attached hydrogens (tertiary/aromatic N) is 1. The van der Waals surface area contributed by atoms with E-state index in [1.807, 2.05) is 0 Å². The van der Waals surface area contributed by atoms with Crippen molar-refractivity contribution in [3.8, 4) is 11.8 Å². The van der Waals surface area contributed by atoms with Crippen LogP contribution in [0.2, 0.25) is 5.02 Å². The molecule has 6 heteroatoms. The van der Waals surface area contributed by atoms with Crippen molar-refractivity contribution in [2.24, 2.45) is 0 Å². The maximum atomic E-state index is 12.1. The molecule has 2 atom stereocenters. The van der Waals surface area contributed by atoms with Gasteiger partial charge in [-0.3, -0.25) is 4.79 Å². The third-order valence-electron chi connectivity index (χ3n) is 3.11. The Morgan fingerprint density at radius 1 is 1.60 bits per heavy atom. The van der Waals surface area contributed by atoms with Crippen molar-refractivity contribution in [3.05, 3.63) is 29.3 Å². The van der Waals surface area contributed by atoms with Crippen LogP contribution in [-0.2, 0) is 4.79 Å². The van der Waals surface area contributed by atoms with Gasteiger partial charge in [0.25, 0.3) is 5.91 Å². The molecular weight excluding hydrogens is 296 g/mol. The van der Waals surface area contributed by atoms with E-state index in [1.165, 1.54) is 0 Å². The molecule has 1 aliphatic rings. The second-order valence-corrected chi connectivity index (χ2v) is 6.19. The van der Waals surface area contributed by atoms with Crippen LogP contribution in [0.25, 0.3) is 0 Å². The highest BCUT2D eigenvalue weighted by atomic mass is 35.5. The number of benzene rings is 1. The number of nitriles is 1. The van der Waals surface area contributed by atoms with Gasteiger partial charge in [-0.05, 0) is 31.2 Å². The number of thioether (sulfide) groups is 1. The third kappa shape index (κ3) is 3.38. The number of rotatable bonds is 4. The first-order valence-corrected chi connectivity index (χ1v) is 7.82. The van der Waals surface area contributed by atoms with Gasteiger partial charge in [0.2, 0.25) is 0 Å². The third-order valence-corrected chi connectivity index (χ3v) is 4.61. The molecule has 0 bridgehead atoms. The van der Waals surface area contributed by atoms with Gasteiger partial charge in [-0.25, -0.2) is 0 Å². The number of hydrogen-bond acceptors (Lipinski definition) is 4. The quantitative estimate of drug-likeness (QED) is 0.928. The summed E-state index contributed by atoms with van der Waals surface area (Å²) in [7, 11) is 0. The van der Waals surface area contributed by atoms with Crippen LogP contribution in [0.4, 0.5) is 0 Å². The van der Waals surface area contributed by atoms with Crippen LogP contribution in [0.1, 0.15) is 13.3 Å². The van der Waals surface area contributed by atoms with Gasteiger partial charge >= 0.3 is 0 Å². The topological polar surface area (TPSA) is 62.1 Å². The maximum absolute atomic E-state index is 12.1. The van der Waals surface area contributed by atoms with Gasteiger partial charge in [0.1, 0.15) is 11.3 Å². The Hall–Kier alpha value is -1.38. The molecule has 1 N–H and O–H groups in total. The number of carbonyl (C=O) groups is 1. The van der Waals surface area contributed by atoms with E-state index in [0.717, 1.165) is 5.75 Å². The molecule has 0 saturated carbocycles. The molecule has 0 aliphatic carbocycles. The molecule has 1 aliphatic heterocycles. The van der Waals surface area contributed by atoms with Crippen molar-refractivity contribution in [1.29, 1.82) is 5.26 Å². The number of nitrogens with one attached hydrogen (secondary N) is 1. The fourth-order valence-electron chi connectivity index (χ4n) is 1.90. The lowest BCUT2D eigenvalue weighted by molar-refractivity contribution is -0.128. The fourth-order valence-corrected chi connectivity index (χ4v) is 3.35. The van der Waals surface area contributed by atoms with Crippen LogP contribution in [0, 0.1) is 11.3 Å². The Labute approximate surface area is 127 Å². The van der Waals surface area contributed by atoms with Gasteiger partial charge in [-0.15, -0.1) is 0 Å². The molecule has 0 radical (unpaired) electrons. The monoisotopic (exact) mass is 310 g/mol. The molecule has 1 amide bonds. The summed E-state index contributed by atoms with van der Waals surface area (Å²) in [5.41, 5.74) is -0.764. The van der Waals surface area contributed by atoms with E-state index >= 15 is 0 Å². The lowest BCUT2D eigenvalue weighted by atomic mass is 10.0. The molecule has 1 fully saturated rings. The van der Waals surface area contributed by atoms with E-state index in [0.29, 0.717) is 22.9 Å². The van der Waals surface area contributed by atoms with Gasteiger partial charge in [0, 0.05) is 5.75 Å². The highest BCUT2D eigenvalue weighted by Crippen LogP contribution is 2.28. The van der Waals surface area contributed by atoms with Crippen LogP contribution in [0.3, 0.4) is 0 Å². The first kappa shape index (κ1) is 15.0. The van der Waals surface area contributed by atoms with Crippen molar-refractivity contribution in [2.45, 2.75) is 25.0 Å². The van der Waals surface area contributed by atoms with Crippen molar-refractivity contribution in [1.82, 2.24) is 5.32 Å². The minimum Gasteiger partial charge on any atom is -0.479 e. The first-order valence-electron chi connectivity index (χ1n) is 6.28. The summed E-state index contributed by atoms with van der Waals surface area (Å²) < 4.78 is 5.55. The Balaban J connectivity index is 1.99. The van der Waals surface area contributed by atoms with Crippen LogP contribution in [0.5, 0.6) is 5.75 Å². The van der Waals surface area contributed by atoms with Gasteiger partial charge in [-0.1, -0.05) is 23.7 Å². The van der Waals surface area contributed by atoms with Crippen LogP contribution < -0.4 is 10.1 Å². The molecule has 4 nitrogen and oxygen atoms in total. The zero-order valence-corrected chi connectivity index (χ0v) is 12.6. The Morgan fingerprint density at radius 3 is 2.95 bits per heavy atom. The molecule has 0 aromatic heterocycles. The van der Waals surface area contributed by atoms with E-state index in [4.69, 9.17) is 16.3 Å². The van der Waals surface area contributed by atoms with Crippen molar-refractivity contribution >= 4 is 29.3 Å².